The van der Waals surface area contributed by atoms with Crippen LogP contribution in [-0.4, -0.2) is 17.2 Å². The number of anilines is 3. The van der Waals surface area contributed by atoms with Gasteiger partial charge in [-0.2, -0.15) is 5.26 Å². The van der Waals surface area contributed by atoms with Crippen LogP contribution in [-0.2, 0) is 0 Å². The van der Waals surface area contributed by atoms with Gasteiger partial charge < -0.3 is 14.0 Å². The molecule has 78 heavy (non-hydrogen) atoms. The van der Waals surface area contributed by atoms with Gasteiger partial charge in [-0.15, -0.1) is 0 Å². The molecule has 0 unspecified atom stereocenters. The van der Waals surface area contributed by atoms with Crippen molar-refractivity contribution in [3.05, 3.63) is 309 Å². The first-order valence-electron chi connectivity index (χ1n) is 26.5. The number of rotatable bonds is 11. The standard InChI is InChI=1S/C73H50N4Si/c74-51-52-33-44-71-67(47-52)66-31-16-17-32-70(66)76(71)59-40-36-57(37-41-59)75(61-23-18-30-65(50-61)78(62-24-10-3-11-25-62,63-26-12-4-13-27-63)64-28-14-5-15-29-64)58-38-42-60(43-39-58)77-72-45-34-55(53-19-6-1-7-20-53)48-68(72)69-49-56(35-46-73(69)77)54-21-8-2-9-22-54/h1-50H. The summed E-state index contributed by atoms with van der Waals surface area (Å²) in [6.07, 6.45) is 0. The van der Waals surface area contributed by atoms with Crippen LogP contribution < -0.4 is 25.6 Å². The molecule has 0 fully saturated rings. The number of benzene rings is 12. The molecule has 0 spiro atoms. The smallest absolute Gasteiger partial charge is 0.179 e. The number of hydrogen-bond acceptors (Lipinski definition) is 2. The van der Waals surface area contributed by atoms with Crippen molar-refractivity contribution in [3.8, 4) is 39.7 Å². The fourth-order valence-corrected chi connectivity index (χ4v) is 16.9. The highest BCUT2D eigenvalue weighted by atomic mass is 28.3. The van der Waals surface area contributed by atoms with Gasteiger partial charge in [0, 0.05) is 50.0 Å². The zero-order chi connectivity index (χ0) is 52.0. The Bertz CT molecular complexity index is 4330. The van der Waals surface area contributed by atoms with Crippen molar-refractivity contribution >= 4 is 89.5 Å². The van der Waals surface area contributed by atoms with Crippen LogP contribution >= 0.6 is 0 Å². The SMILES string of the molecule is N#Cc1ccc2c(c1)c1ccccc1n2-c1ccc(N(c2ccc(-n3c4ccc(-c5ccccc5)cc4c4cc(-c5ccccc5)ccc43)cc2)c2cccc([Si](c3ccccc3)(c3ccccc3)c3ccccc3)c2)cc1. The van der Waals surface area contributed by atoms with E-state index in [1.165, 1.54) is 53.8 Å². The summed E-state index contributed by atoms with van der Waals surface area (Å²) >= 11 is 0. The second kappa shape index (κ2) is 19.5. The van der Waals surface area contributed by atoms with Crippen LogP contribution in [0.4, 0.5) is 17.1 Å². The Kier molecular flexibility index (Phi) is 11.6. The van der Waals surface area contributed by atoms with Crippen molar-refractivity contribution in [1.82, 2.24) is 9.13 Å². The molecule has 0 aliphatic heterocycles. The molecule has 5 heteroatoms. The van der Waals surface area contributed by atoms with Crippen molar-refractivity contribution in [2.45, 2.75) is 0 Å². The quantitative estimate of drug-likeness (QED) is 0.0956. The lowest BCUT2D eigenvalue weighted by Crippen LogP contribution is -2.74. The Hall–Kier alpha value is -10.3. The third-order valence-corrected chi connectivity index (χ3v) is 20.4. The van der Waals surface area contributed by atoms with Crippen LogP contribution in [0.25, 0.3) is 77.2 Å². The summed E-state index contributed by atoms with van der Waals surface area (Å²) in [7, 11) is -2.89. The number of aromatic nitrogens is 2. The maximum absolute atomic E-state index is 9.88. The maximum atomic E-state index is 9.88. The first-order chi connectivity index (χ1) is 38.6. The van der Waals surface area contributed by atoms with E-state index in [0.29, 0.717) is 5.56 Å². The molecule has 12 aromatic carbocycles. The van der Waals surface area contributed by atoms with Crippen LogP contribution in [0, 0.1) is 11.3 Å². The zero-order valence-corrected chi connectivity index (χ0v) is 43.7. The van der Waals surface area contributed by atoms with E-state index in [1.54, 1.807) is 0 Å². The third kappa shape index (κ3) is 7.82. The molecule has 2 aromatic heterocycles. The van der Waals surface area contributed by atoms with Gasteiger partial charge in [0.25, 0.3) is 0 Å². The molecule has 0 amide bonds. The van der Waals surface area contributed by atoms with Gasteiger partial charge >= 0.3 is 0 Å². The highest BCUT2D eigenvalue weighted by Crippen LogP contribution is 2.41. The highest BCUT2D eigenvalue weighted by molar-refractivity contribution is 7.19. The van der Waals surface area contributed by atoms with Gasteiger partial charge in [0.05, 0.1) is 33.7 Å². The van der Waals surface area contributed by atoms with E-state index in [1.807, 2.05) is 12.1 Å². The lowest BCUT2D eigenvalue weighted by molar-refractivity contribution is 1.17. The largest absolute Gasteiger partial charge is 0.311 e. The second-order valence-corrected chi connectivity index (χ2v) is 23.8. The molecule has 0 aliphatic rings. The predicted octanol–water partition coefficient (Wildman–Crippen LogP) is 15.9. The number of fused-ring (bicyclic) bond motifs is 6. The molecule has 366 valence electrons. The molecule has 0 aliphatic carbocycles. The van der Waals surface area contributed by atoms with E-state index < -0.39 is 8.07 Å². The minimum Gasteiger partial charge on any atom is -0.311 e. The molecule has 14 aromatic rings. The summed E-state index contributed by atoms with van der Waals surface area (Å²) < 4.78 is 4.73. The van der Waals surface area contributed by atoms with Gasteiger partial charge in [0.1, 0.15) is 0 Å². The Labute approximate surface area is 454 Å². The van der Waals surface area contributed by atoms with E-state index in [4.69, 9.17) is 0 Å². The summed E-state index contributed by atoms with van der Waals surface area (Å²) in [6, 6.07) is 113. The Morgan fingerprint density at radius 2 is 0.679 bits per heavy atom. The number of nitrogens with zero attached hydrogens (tertiary/aromatic N) is 4. The van der Waals surface area contributed by atoms with Crippen molar-refractivity contribution in [2.75, 3.05) is 4.90 Å². The van der Waals surface area contributed by atoms with Crippen LogP contribution in [0.1, 0.15) is 5.56 Å². The minimum atomic E-state index is -2.89. The van der Waals surface area contributed by atoms with Gasteiger partial charge in [0.15, 0.2) is 8.07 Å². The van der Waals surface area contributed by atoms with Crippen molar-refractivity contribution < 1.29 is 0 Å². The van der Waals surface area contributed by atoms with Crippen LogP contribution in [0.5, 0.6) is 0 Å². The first kappa shape index (κ1) is 46.3. The zero-order valence-electron chi connectivity index (χ0n) is 42.7. The Balaban J connectivity index is 0.951. The fourth-order valence-electron chi connectivity index (χ4n) is 12.1. The average molecular weight is 1010 g/mol. The van der Waals surface area contributed by atoms with Gasteiger partial charge in [-0.3, -0.25) is 0 Å². The molecule has 0 bridgehead atoms. The average Bonchev–Trinajstić information content (AvgIpc) is 4.15. The van der Waals surface area contributed by atoms with Crippen LogP contribution in [0.3, 0.4) is 0 Å². The Morgan fingerprint density at radius 1 is 0.282 bits per heavy atom. The van der Waals surface area contributed by atoms with Gasteiger partial charge in [-0.05, 0) is 152 Å². The monoisotopic (exact) mass is 1010 g/mol. The third-order valence-electron chi connectivity index (χ3n) is 15.7. The summed E-state index contributed by atoms with van der Waals surface area (Å²) in [5.41, 5.74) is 15.1. The second-order valence-electron chi connectivity index (χ2n) is 20.0. The molecular formula is C73H50N4Si. The van der Waals surface area contributed by atoms with E-state index >= 15 is 0 Å². The van der Waals surface area contributed by atoms with Crippen molar-refractivity contribution in [2.24, 2.45) is 0 Å². The lowest BCUT2D eigenvalue weighted by Gasteiger charge is -2.35. The van der Waals surface area contributed by atoms with E-state index in [2.05, 4.69) is 311 Å². The van der Waals surface area contributed by atoms with Crippen LogP contribution in [0.2, 0.25) is 0 Å². The number of nitriles is 1. The molecule has 0 atom stereocenters. The van der Waals surface area contributed by atoms with Gasteiger partial charge in [0.2, 0.25) is 0 Å². The molecule has 0 radical (unpaired) electrons. The highest BCUT2D eigenvalue weighted by Gasteiger charge is 2.41. The van der Waals surface area contributed by atoms with Gasteiger partial charge in [-0.25, -0.2) is 0 Å². The predicted molar refractivity (Wildman–Crippen MR) is 329 cm³/mol. The lowest BCUT2D eigenvalue weighted by atomic mass is 10.0. The molecule has 14 rings (SSSR count). The number of hydrogen-bond donors (Lipinski definition) is 0. The van der Waals surface area contributed by atoms with E-state index in [9.17, 15) is 5.26 Å². The van der Waals surface area contributed by atoms with Crippen molar-refractivity contribution in [1.29, 1.82) is 5.26 Å². The maximum Gasteiger partial charge on any atom is 0.179 e. The number of para-hydroxylation sites is 1. The minimum absolute atomic E-state index is 0.649. The molecule has 0 N–H and O–H groups in total. The first-order valence-corrected chi connectivity index (χ1v) is 28.5. The Morgan fingerprint density at radius 3 is 1.15 bits per heavy atom. The molecule has 0 saturated heterocycles. The summed E-state index contributed by atoms with van der Waals surface area (Å²) in [5.74, 6) is 0. The topological polar surface area (TPSA) is 36.9 Å². The molecule has 4 nitrogen and oxygen atoms in total. The molecular weight excluding hydrogens is 961 g/mol. The fraction of sp³-hybridized carbons (Fsp3) is 0. The van der Waals surface area contributed by atoms with E-state index in [0.717, 1.165) is 61.3 Å². The normalized spacial score (nSPS) is 11.6. The molecule has 2 heterocycles. The molecule has 0 saturated carbocycles. The summed E-state index contributed by atoms with van der Waals surface area (Å²) in [5, 5.41) is 19.7. The summed E-state index contributed by atoms with van der Waals surface area (Å²) in [4.78, 5) is 2.41. The van der Waals surface area contributed by atoms with Crippen molar-refractivity contribution in [3.63, 3.8) is 0 Å². The van der Waals surface area contributed by atoms with Gasteiger partial charge in [-0.1, -0.05) is 194 Å². The summed E-state index contributed by atoms with van der Waals surface area (Å²) in [6.45, 7) is 0. The van der Waals surface area contributed by atoms with Crippen LogP contribution in [0.15, 0.2) is 303 Å². The van der Waals surface area contributed by atoms with E-state index in [-0.39, 0.29) is 0 Å².